The Labute approximate surface area is 216 Å². The van der Waals surface area contributed by atoms with Gasteiger partial charge in [0.05, 0.1) is 12.2 Å². The highest BCUT2D eigenvalue weighted by atomic mass is 16.5. The third-order valence-corrected chi connectivity index (χ3v) is 11.9. The quantitative estimate of drug-likeness (QED) is 0.486. The molecule has 4 saturated carbocycles. The first-order valence-corrected chi connectivity index (χ1v) is 14.3. The van der Waals surface area contributed by atoms with E-state index in [1.54, 1.807) is 0 Å². The second-order valence-electron chi connectivity index (χ2n) is 14.3. The maximum absolute atomic E-state index is 12.3. The molecule has 6 heteroatoms. The molecule has 1 heterocycles. The van der Waals surface area contributed by atoms with Crippen molar-refractivity contribution in [3.05, 3.63) is 11.8 Å². The summed E-state index contributed by atoms with van der Waals surface area (Å²) in [4.78, 5) is 12.3. The summed E-state index contributed by atoms with van der Waals surface area (Å²) in [5.41, 5.74) is -2.13. The van der Waals surface area contributed by atoms with E-state index in [1.165, 1.54) is 6.92 Å². The van der Waals surface area contributed by atoms with E-state index in [4.69, 9.17) is 9.47 Å². The van der Waals surface area contributed by atoms with Crippen molar-refractivity contribution >= 4 is 5.97 Å². The Morgan fingerprint density at radius 1 is 1.11 bits per heavy atom. The maximum atomic E-state index is 12.3. The fourth-order valence-electron chi connectivity index (χ4n) is 9.95. The molecule has 0 aromatic carbocycles. The van der Waals surface area contributed by atoms with E-state index < -0.39 is 28.8 Å². The number of aliphatic hydroxyl groups is 3. The number of carbonyl (C=O) groups is 1. The molecule has 12 atom stereocenters. The highest BCUT2D eigenvalue weighted by Crippen LogP contribution is 2.69. The summed E-state index contributed by atoms with van der Waals surface area (Å²) in [6.45, 7) is 14.0. The number of fused-ring (bicyclic) bond motifs is 5. The number of ether oxygens (including phenoxy) is 2. The van der Waals surface area contributed by atoms with Crippen LogP contribution in [0.2, 0.25) is 0 Å². The molecule has 0 aromatic rings. The van der Waals surface area contributed by atoms with E-state index in [-0.39, 0.29) is 41.2 Å². The first-order valence-electron chi connectivity index (χ1n) is 14.3. The van der Waals surface area contributed by atoms with E-state index in [0.717, 1.165) is 32.1 Å². The normalized spacial score (nSPS) is 51.2. The summed E-state index contributed by atoms with van der Waals surface area (Å²) in [6, 6.07) is 0. The van der Waals surface area contributed by atoms with Gasteiger partial charge in [-0.05, 0) is 106 Å². The maximum Gasteiger partial charge on any atom is 0.302 e. The lowest BCUT2D eigenvalue weighted by atomic mass is 9.43. The van der Waals surface area contributed by atoms with E-state index in [9.17, 15) is 20.1 Å². The molecule has 5 rings (SSSR count). The topological polar surface area (TPSA) is 96.2 Å². The Morgan fingerprint density at radius 3 is 2.42 bits per heavy atom. The van der Waals surface area contributed by atoms with E-state index in [2.05, 4.69) is 20.8 Å². The molecule has 4 aliphatic carbocycles. The molecule has 36 heavy (non-hydrogen) atoms. The molecule has 1 aliphatic heterocycles. The number of esters is 1. The van der Waals surface area contributed by atoms with Crippen LogP contribution >= 0.6 is 0 Å². The van der Waals surface area contributed by atoms with Crippen LogP contribution in [-0.2, 0) is 14.3 Å². The van der Waals surface area contributed by atoms with Crippen molar-refractivity contribution in [2.45, 2.75) is 123 Å². The van der Waals surface area contributed by atoms with Crippen molar-refractivity contribution < 1.29 is 29.6 Å². The molecule has 6 nitrogen and oxygen atoms in total. The predicted molar refractivity (Wildman–Crippen MR) is 137 cm³/mol. The first kappa shape index (κ1) is 26.5. The average molecular weight is 505 g/mol. The second kappa shape index (κ2) is 8.44. The van der Waals surface area contributed by atoms with Gasteiger partial charge in [-0.3, -0.25) is 4.79 Å². The van der Waals surface area contributed by atoms with Crippen molar-refractivity contribution in [2.75, 3.05) is 0 Å². The number of rotatable bonds is 3. The minimum atomic E-state index is -1.33. The molecule has 0 amide bonds. The van der Waals surface area contributed by atoms with Crippen molar-refractivity contribution in [3.63, 3.8) is 0 Å². The average Bonchev–Trinajstić information content (AvgIpc) is 3.20. The van der Waals surface area contributed by atoms with Crippen LogP contribution < -0.4 is 0 Å². The van der Waals surface area contributed by atoms with Gasteiger partial charge in [0.25, 0.3) is 0 Å². The van der Waals surface area contributed by atoms with Crippen molar-refractivity contribution in [1.29, 1.82) is 0 Å². The predicted octanol–water partition coefficient (Wildman–Crippen LogP) is 4.60. The molecule has 1 unspecified atom stereocenters. The zero-order valence-electron chi connectivity index (χ0n) is 23.3. The number of hydrogen-bond donors (Lipinski definition) is 3. The lowest BCUT2D eigenvalue weighted by Gasteiger charge is -2.62. The molecule has 0 bridgehead atoms. The summed E-state index contributed by atoms with van der Waals surface area (Å²) < 4.78 is 12.3. The van der Waals surface area contributed by atoms with Gasteiger partial charge in [0.15, 0.2) is 0 Å². The van der Waals surface area contributed by atoms with Crippen molar-refractivity contribution in [1.82, 2.24) is 0 Å². The Balaban J connectivity index is 1.53. The Morgan fingerprint density at radius 2 is 1.81 bits per heavy atom. The van der Waals surface area contributed by atoms with E-state index in [0.29, 0.717) is 30.4 Å². The molecule has 204 valence electrons. The van der Waals surface area contributed by atoms with Gasteiger partial charge in [0, 0.05) is 18.8 Å². The van der Waals surface area contributed by atoms with Gasteiger partial charge in [0.2, 0.25) is 0 Å². The largest absolute Gasteiger partial charge is 0.489 e. The van der Waals surface area contributed by atoms with Crippen LogP contribution in [0.25, 0.3) is 0 Å². The minimum absolute atomic E-state index is 0.0109. The fourth-order valence-corrected chi connectivity index (χ4v) is 9.95. The summed E-state index contributed by atoms with van der Waals surface area (Å²) in [7, 11) is 0. The molecule has 0 radical (unpaired) electrons. The smallest absolute Gasteiger partial charge is 0.302 e. The minimum Gasteiger partial charge on any atom is -0.489 e. The third kappa shape index (κ3) is 3.79. The van der Waals surface area contributed by atoms with Crippen molar-refractivity contribution in [2.24, 2.45) is 46.3 Å². The van der Waals surface area contributed by atoms with Gasteiger partial charge in [-0.25, -0.2) is 0 Å². The van der Waals surface area contributed by atoms with E-state index >= 15 is 0 Å². The third-order valence-electron chi connectivity index (χ3n) is 11.9. The Bertz CT molecular complexity index is 924. The monoisotopic (exact) mass is 504 g/mol. The van der Waals surface area contributed by atoms with Gasteiger partial charge in [-0.2, -0.15) is 0 Å². The molecular weight excluding hydrogens is 456 g/mol. The first-order chi connectivity index (χ1) is 16.6. The summed E-state index contributed by atoms with van der Waals surface area (Å²) in [5.74, 6) is 1.17. The molecule has 5 aliphatic rings. The zero-order chi connectivity index (χ0) is 26.4. The van der Waals surface area contributed by atoms with Crippen LogP contribution in [0.3, 0.4) is 0 Å². The number of aliphatic hydroxyl groups excluding tert-OH is 2. The highest BCUT2D eigenvalue weighted by molar-refractivity contribution is 5.66. The van der Waals surface area contributed by atoms with Gasteiger partial charge in [0.1, 0.15) is 23.1 Å². The molecule has 0 spiro atoms. The zero-order valence-corrected chi connectivity index (χ0v) is 23.3. The van der Waals surface area contributed by atoms with Gasteiger partial charge in [-0.1, -0.05) is 20.8 Å². The SMILES string of the molecule is CC(=O)O[C@H]1C[C@H]2[C@@H]3CC[C@H]4C[C@H](O)CC[C@]4(C)[C@H]3[C@@H](O)C[C@]2(C)[C@H]1[C@@](C)(O)C1=CC(C)C(C)(C)O1. The van der Waals surface area contributed by atoms with Gasteiger partial charge >= 0.3 is 5.97 Å². The molecule has 0 saturated heterocycles. The van der Waals surface area contributed by atoms with Crippen LogP contribution in [0.5, 0.6) is 0 Å². The van der Waals surface area contributed by atoms with Crippen LogP contribution in [0.4, 0.5) is 0 Å². The van der Waals surface area contributed by atoms with Crippen LogP contribution in [0, 0.1) is 46.3 Å². The number of carbonyl (C=O) groups excluding carboxylic acids is 1. The lowest BCUT2D eigenvalue weighted by Crippen LogP contribution is -2.60. The second-order valence-corrected chi connectivity index (χ2v) is 14.3. The van der Waals surface area contributed by atoms with Crippen LogP contribution in [0.1, 0.15) is 93.4 Å². The Kier molecular flexibility index (Phi) is 6.21. The lowest BCUT2D eigenvalue weighted by molar-refractivity contribution is -0.194. The fraction of sp³-hybridized carbons (Fsp3) is 0.900. The summed E-state index contributed by atoms with van der Waals surface area (Å²) in [6.07, 6.45) is 6.84. The highest BCUT2D eigenvalue weighted by Gasteiger charge is 2.69. The molecular formula is C30H48O6. The Hall–Kier alpha value is -1.11. The van der Waals surface area contributed by atoms with Gasteiger partial charge < -0.3 is 24.8 Å². The standard InChI is InChI=1S/C30H48O6/c1-16-12-24(36-27(16,3)4)30(7,34)26-23(35-17(2)31)14-21-20-9-8-18-13-19(32)10-11-28(18,5)25(20)22(33)15-29(21,26)6/h12,16,18-23,25-26,32-34H,8-11,13-15H2,1-7H3/t16?,18-,19+,20-,21-,22-,23-,25+,26-,28-,29-,30-/m0/s1. The van der Waals surface area contributed by atoms with Crippen molar-refractivity contribution in [3.8, 4) is 0 Å². The summed E-state index contributed by atoms with van der Waals surface area (Å²) >= 11 is 0. The molecule has 4 fully saturated rings. The van der Waals surface area contributed by atoms with Gasteiger partial charge in [-0.15, -0.1) is 0 Å². The van der Waals surface area contributed by atoms with E-state index in [1.807, 2.05) is 26.8 Å². The summed E-state index contributed by atoms with van der Waals surface area (Å²) in [5, 5.41) is 34.4. The molecule has 0 aromatic heterocycles. The number of hydrogen-bond acceptors (Lipinski definition) is 6. The molecule has 3 N–H and O–H groups in total. The van der Waals surface area contributed by atoms with Crippen LogP contribution in [0.15, 0.2) is 11.8 Å². The van der Waals surface area contributed by atoms with Crippen LogP contribution in [-0.4, -0.2) is 50.8 Å².